The number of carbonyl (C=O) groups excluding carboxylic acids is 2. The van der Waals surface area contributed by atoms with Crippen LogP contribution < -0.4 is 20.1 Å². The van der Waals surface area contributed by atoms with E-state index in [0.29, 0.717) is 27.9 Å². The number of rotatable bonds is 4. The first-order valence-electron chi connectivity index (χ1n) is 7.27. The van der Waals surface area contributed by atoms with Crippen LogP contribution in [0.1, 0.15) is 12.5 Å². The maximum Gasteiger partial charge on any atom is 0.231 e. The van der Waals surface area contributed by atoms with Crippen LogP contribution in [0.4, 0.5) is 11.4 Å². The minimum atomic E-state index is -0.206. The molecule has 0 saturated heterocycles. The molecule has 1 aliphatic heterocycles. The topological polar surface area (TPSA) is 76.7 Å². The number of amides is 2. The highest BCUT2D eigenvalue weighted by molar-refractivity contribution is 6.34. The number of nitrogens with one attached hydrogen (secondary N) is 2. The summed E-state index contributed by atoms with van der Waals surface area (Å²) in [5, 5.41) is 5.82. The highest BCUT2D eigenvalue weighted by Gasteiger charge is 2.17. The molecule has 0 aromatic heterocycles. The molecule has 0 saturated carbocycles. The monoisotopic (exact) mass is 346 g/mol. The number of hydrogen-bond acceptors (Lipinski definition) is 4. The van der Waals surface area contributed by atoms with E-state index in [1.807, 2.05) is 0 Å². The predicted octanol–water partition coefficient (Wildman–Crippen LogP) is 3.21. The molecule has 0 atom stereocenters. The molecule has 1 heterocycles. The van der Waals surface area contributed by atoms with Gasteiger partial charge in [-0.3, -0.25) is 9.59 Å². The Morgan fingerprint density at radius 3 is 2.42 bits per heavy atom. The standard InChI is InChI=1S/C17H15ClN2O4/c1-10(21)19-12-4-2-11(3-5-12)6-17(22)20-14-8-16-15(7-13(14)18)23-9-24-16/h2-5,7-8H,6,9H2,1H3,(H,19,21)(H,20,22). The second-order valence-corrected chi connectivity index (χ2v) is 5.70. The molecule has 0 radical (unpaired) electrons. The Hall–Kier alpha value is -2.73. The number of anilines is 2. The first-order valence-corrected chi connectivity index (χ1v) is 7.64. The minimum Gasteiger partial charge on any atom is -0.454 e. The predicted molar refractivity (Wildman–Crippen MR) is 90.7 cm³/mol. The van der Waals surface area contributed by atoms with Crippen LogP contribution in [-0.2, 0) is 16.0 Å². The largest absolute Gasteiger partial charge is 0.454 e. The number of carbonyl (C=O) groups is 2. The van der Waals surface area contributed by atoms with Crippen molar-refractivity contribution >= 4 is 34.8 Å². The van der Waals surface area contributed by atoms with Crippen molar-refractivity contribution < 1.29 is 19.1 Å². The zero-order valence-electron chi connectivity index (χ0n) is 12.9. The quantitative estimate of drug-likeness (QED) is 0.891. The molecule has 24 heavy (non-hydrogen) atoms. The molecule has 0 fully saturated rings. The van der Waals surface area contributed by atoms with Crippen LogP contribution in [0.25, 0.3) is 0 Å². The van der Waals surface area contributed by atoms with Crippen molar-refractivity contribution in [1.82, 2.24) is 0 Å². The van der Waals surface area contributed by atoms with Gasteiger partial charge in [-0.15, -0.1) is 0 Å². The SMILES string of the molecule is CC(=O)Nc1ccc(CC(=O)Nc2cc3c(cc2Cl)OCO3)cc1. The fourth-order valence-corrected chi connectivity index (χ4v) is 2.50. The van der Waals surface area contributed by atoms with Gasteiger partial charge in [0, 0.05) is 24.7 Å². The summed E-state index contributed by atoms with van der Waals surface area (Å²) in [6.07, 6.45) is 0.186. The highest BCUT2D eigenvalue weighted by Crippen LogP contribution is 2.39. The van der Waals surface area contributed by atoms with E-state index in [4.69, 9.17) is 21.1 Å². The Kier molecular flexibility index (Phi) is 4.57. The fourth-order valence-electron chi connectivity index (χ4n) is 2.30. The molecule has 7 heteroatoms. The van der Waals surface area contributed by atoms with Gasteiger partial charge in [0.05, 0.1) is 17.1 Å². The zero-order valence-corrected chi connectivity index (χ0v) is 13.6. The van der Waals surface area contributed by atoms with Crippen molar-refractivity contribution in [3.63, 3.8) is 0 Å². The summed E-state index contributed by atoms with van der Waals surface area (Å²) in [6, 6.07) is 10.3. The average Bonchev–Trinajstić information content (AvgIpc) is 2.96. The maximum atomic E-state index is 12.2. The van der Waals surface area contributed by atoms with E-state index in [2.05, 4.69) is 10.6 Å². The lowest BCUT2D eigenvalue weighted by Crippen LogP contribution is -2.14. The molecular weight excluding hydrogens is 332 g/mol. The van der Waals surface area contributed by atoms with Gasteiger partial charge in [0.15, 0.2) is 11.5 Å². The van der Waals surface area contributed by atoms with Crippen LogP contribution in [0.15, 0.2) is 36.4 Å². The van der Waals surface area contributed by atoms with Crippen molar-refractivity contribution in [3.8, 4) is 11.5 Å². The van der Waals surface area contributed by atoms with Gasteiger partial charge >= 0.3 is 0 Å². The van der Waals surface area contributed by atoms with Gasteiger partial charge in [-0.25, -0.2) is 0 Å². The molecule has 2 amide bonds. The highest BCUT2D eigenvalue weighted by atomic mass is 35.5. The van der Waals surface area contributed by atoms with Crippen LogP contribution in [0, 0.1) is 0 Å². The molecule has 2 N–H and O–H groups in total. The number of halogens is 1. The zero-order chi connectivity index (χ0) is 17.1. The van der Waals surface area contributed by atoms with E-state index in [1.54, 1.807) is 36.4 Å². The number of benzene rings is 2. The van der Waals surface area contributed by atoms with Gasteiger partial charge in [-0.1, -0.05) is 23.7 Å². The van der Waals surface area contributed by atoms with Gasteiger partial charge in [0.1, 0.15) is 0 Å². The summed E-state index contributed by atoms with van der Waals surface area (Å²) in [6.45, 7) is 1.58. The number of fused-ring (bicyclic) bond motifs is 1. The second kappa shape index (κ2) is 6.80. The van der Waals surface area contributed by atoms with Crippen molar-refractivity contribution in [3.05, 3.63) is 47.0 Å². The summed E-state index contributed by atoms with van der Waals surface area (Å²) in [5.74, 6) is 0.766. The van der Waals surface area contributed by atoms with Crippen molar-refractivity contribution in [2.24, 2.45) is 0 Å². The summed E-state index contributed by atoms with van der Waals surface area (Å²) in [7, 11) is 0. The molecule has 2 aromatic carbocycles. The Balaban J connectivity index is 1.64. The lowest BCUT2D eigenvalue weighted by Gasteiger charge is -2.09. The minimum absolute atomic E-state index is 0.141. The lowest BCUT2D eigenvalue weighted by atomic mass is 10.1. The van der Waals surface area contributed by atoms with Gasteiger partial charge in [-0.2, -0.15) is 0 Å². The number of hydrogen-bond donors (Lipinski definition) is 2. The molecule has 0 bridgehead atoms. The molecule has 3 rings (SSSR count). The van der Waals surface area contributed by atoms with Gasteiger partial charge in [0.25, 0.3) is 0 Å². The molecule has 0 unspecified atom stereocenters. The molecule has 0 spiro atoms. The first kappa shape index (κ1) is 16.1. The second-order valence-electron chi connectivity index (χ2n) is 5.29. The molecule has 2 aromatic rings. The fraction of sp³-hybridized carbons (Fsp3) is 0.176. The van der Waals surface area contributed by atoms with E-state index in [-0.39, 0.29) is 25.0 Å². The van der Waals surface area contributed by atoms with Crippen LogP contribution >= 0.6 is 11.6 Å². The van der Waals surface area contributed by atoms with E-state index in [1.165, 1.54) is 6.92 Å². The lowest BCUT2D eigenvalue weighted by molar-refractivity contribution is -0.116. The Labute approximate surface area is 143 Å². The Bertz CT molecular complexity index is 790. The van der Waals surface area contributed by atoms with E-state index in [9.17, 15) is 9.59 Å². The van der Waals surface area contributed by atoms with Crippen molar-refractivity contribution in [1.29, 1.82) is 0 Å². The molecule has 124 valence electrons. The summed E-state index contributed by atoms with van der Waals surface area (Å²) in [4.78, 5) is 23.2. The third-order valence-corrected chi connectivity index (χ3v) is 3.69. The summed E-state index contributed by atoms with van der Waals surface area (Å²) >= 11 is 6.13. The molecular formula is C17H15ClN2O4. The molecule has 6 nitrogen and oxygen atoms in total. The van der Waals surface area contributed by atoms with Crippen molar-refractivity contribution in [2.45, 2.75) is 13.3 Å². The van der Waals surface area contributed by atoms with Gasteiger partial charge < -0.3 is 20.1 Å². The van der Waals surface area contributed by atoms with Crippen molar-refractivity contribution in [2.75, 3.05) is 17.4 Å². The van der Waals surface area contributed by atoms with Crippen LogP contribution in [0.3, 0.4) is 0 Å². The van der Waals surface area contributed by atoms with E-state index < -0.39 is 0 Å². The first-order chi connectivity index (χ1) is 11.5. The summed E-state index contributed by atoms with van der Waals surface area (Å²) in [5.41, 5.74) is 1.98. The van der Waals surface area contributed by atoms with E-state index >= 15 is 0 Å². The van der Waals surface area contributed by atoms with Gasteiger partial charge in [-0.05, 0) is 17.7 Å². The van der Waals surface area contributed by atoms with E-state index in [0.717, 1.165) is 5.56 Å². The maximum absolute atomic E-state index is 12.2. The Morgan fingerprint density at radius 1 is 1.08 bits per heavy atom. The van der Waals surface area contributed by atoms with Crippen LogP contribution in [-0.4, -0.2) is 18.6 Å². The van der Waals surface area contributed by atoms with Crippen LogP contribution in [0.5, 0.6) is 11.5 Å². The Morgan fingerprint density at radius 2 is 1.75 bits per heavy atom. The average molecular weight is 347 g/mol. The molecule has 0 aliphatic carbocycles. The third kappa shape index (κ3) is 3.78. The van der Waals surface area contributed by atoms with Gasteiger partial charge in [0.2, 0.25) is 18.6 Å². The van der Waals surface area contributed by atoms with Crippen LogP contribution in [0.2, 0.25) is 5.02 Å². The molecule has 1 aliphatic rings. The smallest absolute Gasteiger partial charge is 0.231 e. The number of ether oxygens (including phenoxy) is 2. The normalized spacial score (nSPS) is 11.9. The summed E-state index contributed by atoms with van der Waals surface area (Å²) < 4.78 is 10.5. The third-order valence-electron chi connectivity index (χ3n) is 3.38.